The highest BCUT2D eigenvalue weighted by molar-refractivity contribution is 7.91. The Bertz CT molecular complexity index is 1510. The first-order valence-corrected chi connectivity index (χ1v) is 13.1. The van der Waals surface area contributed by atoms with E-state index in [4.69, 9.17) is 4.74 Å². The molecule has 1 amide bonds. The van der Waals surface area contributed by atoms with E-state index in [1.807, 2.05) is 69.3 Å². The number of nitrogens with one attached hydrogen (secondary N) is 1. The topological polar surface area (TPSA) is 95.6 Å². The van der Waals surface area contributed by atoms with Crippen LogP contribution >= 0.6 is 0 Å². The molecule has 1 aliphatic heterocycles. The van der Waals surface area contributed by atoms with Crippen molar-refractivity contribution in [2.45, 2.75) is 36.3 Å². The summed E-state index contributed by atoms with van der Waals surface area (Å²) in [6.45, 7) is 7.60. The smallest absolute Gasteiger partial charge is 0.410 e. The molecule has 1 aliphatic rings. The van der Waals surface area contributed by atoms with E-state index in [1.165, 1.54) is 0 Å². The van der Waals surface area contributed by atoms with Crippen LogP contribution in [0.1, 0.15) is 20.8 Å². The zero-order valence-corrected chi connectivity index (χ0v) is 20.8. The van der Waals surface area contributed by atoms with Gasteiger partial charge in [-0.05, 0) is 44.4 Å². The minimum atomic E-state index is -3.91. The number of ether oxygens (including phenoxy) is 1. The summed E-state index contributed by atoms with van der Waals surface area (Å²) in [4.78, 5) is 16.5. The Morgan fingerprint density at radius 1 is 0.943 bits per heavy atom. The van der Waals surface area contributed by atoms with Crippen molar-refractivity contribution in [3.8, 4) is 0 Å². The summed E-state index contributed by atoms with van der Waals surface area (Å²) >= 11 is 0. The third-order valence-electron chi connectivity index (χ3n) is 6.10. The SMILES string of the molecule is CC(C)(C)OC(=O)N1CCN(c2cccc3[nH]nc(S(=O)(=O)c4cccc5ccccc45)c23)CC1. The number of piperazine rings is 1. The predicted molar refractivity (Wildman–Crippen MR) is 136 cm³/mol. The molecule has 0 saturated carbocycles. The molecule has 2 heterocycles. The van der Waals surface area contributed by atoms with E-state index in [2.05, 4.69) is 15.1 Å². The fourth-order valence-electron chi connectivity index (χ4n) is 4.47. The van der Waals surface area contributed by atoms with Gasteiger partial charge in [-0.15, -0.1) is 0 Å². The maximum Gasteiger partial charge on any atom is 0.410 e. The van der Waals surface area contributed by atoms with Crippen LogP contribution in [0, 0.1) is 0 Å². The number of carbonyl (C=O) groups is 1. The summed E-state index contributed by atoms with van der Waals surface area (Å²) in [5.74, 6) is 0. The maximum absolute atomic E-state index is 13.9. The molecule has 0 aliphatic carbocycles. The molecule has 5 rings (SSSR count). The Morgan fingerprint density at radius 3 is 2.37 bits per heavy atom. The Hall–Kier alpha value is -3.59. The van der Waals surface area contributed by atoms with Gasteiger partial charge < -0.3 is 14.5 Å². The molecule has 4 aromatic rings. The van der Waals surface area contributed by atoms with Crippen LogP contribution in [-0.2, 0) is 14.6 Å². The fourth-order valence-corrected chi connectivity index (χ4v) is 6.06. The highest BCUT2D eigenvalue weighted by atomic mass is 32.2. The molecule has 182 valence electrons. The lowest BCUT2D eigenvalue weighted by Crippen LogP contribution is -2.50. The molecule has 0 radical (unpaired) electrons. The number of aromatic nitrogens is 2. The van der Waals surface area contributed by atoms with Crippen molar-refractivity contribution in [3.63, 3.8) is 0 Å². The van der Waals surface area contributed by atoms with Gasteiger partial charge >= 0.3 is 6.09 Å². The van der Waals surface area contributed by atoms with Gasteiger partial charge in [0.1, 0.15) is 5.60 Å². The van der Waals surface area contributed by atoms with Crippen LogP contribution in [0.25, 0.3) is 21.7 Å². The average molecular weight is 493 g/mol. The van der Waals surface area contributed by atoms with Crippen molar-refractivity contribution < 1.29 is 17.9 Å². The normalized spacial score (nSPS) is 15.1. The van der Waals surface area contributed by atoms with Crippen molar-refractivity contribution in [1.82, 2.24) is 15.1 Å². The largest absolute Gasteiger partial charge is 0.444 e. The van der Waals surface area contributed by atoms with Crippen LogP contribution in [0.15, 0.2) is 70.6 Å². The monoisotopic (exact) mass is 492 g/mol. The first-order valence-electron chi connectivity index (χ1n) is 11.6. The predicted octanol–water partition coefficient (Wildman–Crippen LogP) is 4.61. The van der Waals surface area contributed by atoms with Gasteiger partial charge in [-0.1, -0.05) is 42.5 Å². The third kappa shape index (κ3) is 4.32. The van der Waals surface area contributed by atoms with Crippen LogP contribution in [0.5, 0.6) is 0 Å². The molecule has 0 spiro atoms. The standard InChI is InChI=1S/C26H28N4O4S/c1-26(2,3)34-25(31)30-16-14-29(15-17-30)21-12-7-11-20-23(21)24(28-27-20)35(32,33)22-13-6-9-18-8-4-5-10-19(18)22/h4-13H,14-17H2,1-3H3,(H,27,28). The highest BCUT2D eigenvalue weighted by Gasteiger charge is 2.30. The number of sulfone groups is 1. The van der Waals surface area contributed by atoms with Crippen LogP contribution in [-0.4, -0.2) is 61.4 Å². The van der Waals surface area contributed by atoms with E-state index in [9.17, 15) is 13.2 Å². The molecule has 0 unspecified atom stereocenters. The van der Waals surface area contributed by atoms with Crippen molar-refractivity contribution in [2.24, 2.45) is 0 Å². The van der Waals surface area contributed by atoms with Crippen LogP contribution in [0.3, 0.4) is 0 Å². The lowest BCUT2D eigenvalue weighted by Gasteiger charge is -2.37. The zero-order chi connectivity index (χ0) is 24.8. The van der Waals surface area contributed by atoms with Crippen LogP contribution in [0.2, 0.25) is 0 Å². The molecule has 0 atom stereocenters. The van der Waals surface area contributed by atoms with Gasteiger partial charge in [-0.25, -0.2) is 13.2 Å². The number of carbonyl (C=O) groups excluding carboxylic acids is 1. The quantitative estimate of drug-likeness (QED) is 0.449. The van der Waals surface area contributed by atoms with Crippen molar-refractivity contribution >= 4 is 43.3 Å². The van der Waals surface area contributed by atoms with Gasteiger partial charge in [-0.2, -0.15) is 5.10 Å². The number of benzene rings is 3. The second-order valence-corrected chi connectivity index (χ2v) is 11.5. The van der Waals surface area contributed by atoms with Crippen molar-refractivity contribution in [1.29, 1.82) is 0 Å². The second-order valence-electron chi connectivity index (χ2n) is 9.66. The lowest BCUT2D eigenvalue weighted by molar-refractivity contribution is 0.0240. The minimum absolute atomic E-state index is 0.00836. The Kier molecular flexibility index (Phi) is 5.67. The number of anilines is 1. The molecule has 1 aromatic heterocycles. The molecule has 1 fully saturated rings. The fraction of sp³-hybridized carbons (Fsp3) is 0.308. The molecule has 9 heteroatoms. The molecule has 1 saturated heterocycles. The van der Waals surface area contributed by atoms with Gasteiger partial charge in [0.15, 0.2) is 5.03 Å². The summed E-state index contributed by atoms with van der Waals surface area (Å²) in [6.07, 6.45) is -0.335. The van der Waals surface area contributed by atoms with Gasteiger partial charge in [0, 0.05) is 37.3 Å². The number of hydrogen-bond acceptors (Lipinski definition) is 6. The van der Waals surface area contributed by atoms with Gasteiger partial charge in [-0.3, -0.25) is 5.10 Å². The van der Waals surface area contributed by atoms with Crippen molar-refractivity contribution in [2.75, 3.05) is 31.1 Å². The van der Waals surface area contributed by atoms with E-state index in [0.29, 0.717) is 42.5 Å². The number of fused-ring (bicyclic) bond motifs is 2. The highest BCUT2D eigenvalue weighted by Crippen LogP contribution is 2.36. The molecular weight excluding hydrogens is 464 g/mol. The minimum Gasteiger partial charge on any atom is -0.444 e. The number of H-pyrrole nitrogens is 1. The van der Waals surface area contributed by atoms with Crippen LogP contribution in [0.4, 0.5) is 10.5 Å². The van der Waals surface area contributed by atoms with E-state index >= 15 is 0 Å². The molecular formula is C26H28N4O4S. The van der Waals surface area contributed by atoms with Gasteiger partial charge in [0.05, 0.1) is 15.8 Å². The molecule has 8 nitrogen and oxygen atoms in total. The molecule has 0 bridgehead atoms. The van der Waals surface area contributed by atoms with Gasteiger partial charge in [0.2, 0.25) is 9.84 Å². The average Bonchev–Trinajstić information content (AvgIpc) is 3.28. The Morgan fingerprint density at radius 2 is 1.63 bits per heavy atom. The molecule has 3 aromatic carbocycles. The number of aromatic amines is 1. The molecule has 1 N–H and O–H groups in total. The summed E-state index contributed by atoms with van der Waals surface area (Å²) in [5, 5.41) is 9.25. The van der Waals surface area contributed by atoms with E-state index in [0.717, 1.165) is 11.1 Å². The summed E-state index contributed by atoms with van der Waals surface area (Å²) in [6, 6.07) is 18.3. The second kappa shape index (κ2) is 8.57. The van der Waals surface area contributed by atoms with E-state index in [1.54, 1.807) is 17.0 Å². The first kappa shape index (κ1) is 23.2. The van der Waals surface area contributed by atoms with Crippen LogP contribution < -0.4 is 4.90 Å². The first-order chi connectivity index (χ1) is 16.6. The summed E-state index contributed by atoms with van der Waals surface area (Å²) in [5.41, 5.74) is 0.872. The van der Waals surface area contributed by atoms with Crippen molar-refractivity contribution in [3.05, 3.63) is 60.7 Å². The maximum atomic E-state index is 13.9. The van der Waals surface area contributed by atoms with Gasteiger partial charge in [0.25, 0.3) is 0 Å². The molecule has 35 heavy (non-hydrogen) atoms. The van der Waals surface area contributed by atoms with E-state index in [-0.39, 0.29) is 16.0 Å². The lowest BCUT2D eigenvalue weighted by atomic mass is 10.1. The summed E-state index contributed by atoms with van der Waals surface area (Å²) in [7, 11) is -3.91. The summed E-state index contributed by atoms with van der Waals surface area (Å²) < 4.78 is 33.2. The Labute approximate surface area is 204 Å². The third-order valence-corrected chi connectivity index (χ3v) is 7.84. The number of amides is 1. The Balaban J connectivity index is 1.50. The number of nitrogens with zero attached hydrogens (tertiary/aromatic N) is 3. The zero-order valence-electron chi connectivity index (χ0n) is 20.0. The number of rotatable bonds is 3. The number of hydrogen-bond donors (Lipinski definition) is 1. The van der Waals surface area contributed by atoms with E-state index < -0.39 is 15.4 Å².